The molecular formula is C16H27N3O. The van der Waals surface area contributed by atoms with Crippen LogP contribution in [-0.4, -0.2) is 45.2 Å². The Morgan fingerprint density at radius 1 is 1.35 bits per heavy atom. The Hall–Kier alpha value is -1.71. The Morgan fingerprint density at radius 2 is 2.10 bits per heavy atom. The van der Waals surface area contributed by atoms with E-state index < -0.39 is 0 Å². The predicted octanol–water partition coefficient (Wildman–Crippen LogP) is 2.55. The minimum Gasteiger partial charge on any atom is -0.496 e. The molecule has 1 aromatic rings. The van der Waals surface area contributed by atoms with Crippen LogP contribution in [-0.2, 0) is 6.42 Å². The first-order valence-electron chi connectivity index (χ1n) is 7.26. The van der Waals surface area contributed by atoms with Gasteiger partial charge in [-0.2, -0.15) is 0 Å². The van der Waals surface area contributed by atoms with Crippen molar-refractivity contribution in [3.8, 4) is 5.75 Å². The van der Waals surface area contributed by atoms with E-state index in [2.05, 4.69) is 35.2 Å². The van der Waals surface area contributed by atoms with Crippen LogP contribution in [0.1, 0.15) is 25.3 Å². The molecule has 0 bridgehead atoms. The summed E-state index contributed by atoms with van der Waals surface area (Å²) in [5.41, 5.74) is 1.22. The van der Waals surface area contributed by atoms with Gasteiger partial charge in [0, 0.05) is 27.2 Å². The normalized spacial score (nSPS) is 11.3. The summed E-state index contributed by atoms with van der Waals surface area (Å²) in [5, 5.41) is 3.40. The Bertz CT molecular complexity index is 418. The molecule has 0 fully saturated rings. The van der Waals surface area contributed by atoms with E-state index in [-0.39, 0.29) is 0 Å². The van der Waals surface area contributed by atoms with Gasteiger partial charge in [0.2, 0.25) is 0 Å². The molecule has 0 atom stereocenters. The second kappa shape index (κ2) is 9.23. The van der Waals surface area contributed by atoms with Crippen molar-refractivity contribution in [2.24, 2.45) is 4.99 Å². The van der Waals surface area contributed by atoms with Crippen LogP contribution in [0, 0.1) is 0 Å². The molecule has 112 valence electrons. The quantitative estimate of drug-likeness (QED) is 0.615. The number of para-hydroxylation sites is 1. The molecule has 1 aromatic carbocycles. The topological polar surface area (TPSA) is 36.9 Å². The van der Waals surface area contributed by atoms with Crippen molar-refractivity contribution in [1.82, 2.24) is 10.2 Å². The molecule has 0 aliphatic heterocycles. The highest BCUT2D eigenvalue weighted by Crippen LogP contribution is 2.17. The average molecular weight is 277 g/mol. The molecule has 0 saturated carbocycles. The lowest BCUT2D eigenvalue weighted by Gasteiger charge is -2.22. The van der Waals surface area contributed by atoms with E-state index in [9.17, 15) is 0 Å². The van der Waals surface area contributed by atoms with E-state index in [0.717, 1.165) is 31.2 Å². The molecule has 0 heterocycles. The Kier molecular flexibility index (Phi) is 7.55. The minimum absolute atomic E-state index is 0.851. The summed E-state index contributed by atoms with van der Waals surface area (Å²) in [5.74, 6) is 1.90. The third-order valence-corrected chi connectivity index (χ3v) is 3.29. The van der Waals surface area contributed by atoms with Gasteiger partial charge < -0.3 is 15.0 Å². The number of benzene rings is 1. The van der Waals surface area contributed by atoms with Crippen molar-refractivity contribution >= 4 is 5.96 Å². The van der Waals surface area contributed by atoms with Crippen LogP contribution in [0.5, 0.6) is 5.75 Å². The number of hydrogen-bond donors (Lipinski definition) is 1. The van der Waals surface area contributed by atoms with Gasteiger partial charge in [0.15, 0.2) is 5.96 Å². The highest BCUT2D eigenvalue weighted by Gasteiger charge is 2.06. The zero-order chi connectivity index (χ0) is 14.8. The van der Waals surface area contributed by atoms with E-state index in [1.54, 1.807) is 7.11 Å². The molecule has 0 aliphatic carbocycles. The maximum absolute atomic E-state index is 5.36. The fourth-order valence-electron chi connectivity index (χ4n) is 2.10. The fourth-order valence-corrected chi connectivity index (χ4v) is 2.10. The zero-order valence-electron chi connectivity index (χ0n) is 13.1. The molecule has 0 aliphatic rings. The van der Waals surface area contributed by atoms with Gasteiger partial charge in [-0.3, -0.25) is 4.99 Å². The summed E-state index contributed by atoms with van der Waals surface area (Å²) in [6.45, 7) is 4.08. The van der Waals surface area contributed by atoms with Crippen LogP contribution >= 0.6 is 0 Å². The lowest BCUT2D eigenvalue weighted by molar-refractivity contribution is 0.409. The fraction of sp³-hybridized carbons (Fsp3) is 0.562. The number of nitrogens with one attached hydrogen (secondary N) is 1. The second-order valence-electron chi connectivity index (χ2n) is 4.81. The lowest BCUT2D eigenvalue weighted by Crippen LogP contribution is -2.40. The first-order valence-corrected chi connectivity index (χ1v) is 7.26. The van der Waals surface area contributed by atoms with Crippen molar-refractivity contribution in [1.29, 1.82) is 0 Å². The van der Waals surface area contributed by atoms with Crippen LogP contribution in [0.25, 0.3) is 0 Å². The molecule has 0 unspecified atom stereocenters. The van der Waals surface area contributed by atoms with E-state index in [0.29, 0.717) is 0 Å². The van der Waals surface area contributed by atoms with Crippen molar-refractivity contribution < 1.29 is 4.74 Å². The number of hydrogen-bond acceptors (Lipinski definition) is 2. The largest absolute Gasteiger partial charge is 0.496 e. The Balaban J connectivity index is 2.45. The van der Waals surface area contributed by atoms with E-state index in [4.69, 9.17) is 4.74 Å². The van der Waals surface area contributed by atoms with E-state index in [1.165, 1.54) is 18.4 Å². The molecule has 0 amide bonds. The van der Waals surface area contributed by atoms with Gasteiger partial charge in [0.1, 0.15) is 5.75 Å². The van der Waals surface area contributed by atoms with Gasteiger partial charge in [-0.15, -0.1) is 0 Å². The third kappa shape index (κ3) is 5.11. The smallest absolute Gasteiger partial charge is 0.193 e. The van der Waals surface area contributed by atoms with Crippen LogP contribution in [0.3, 0.4) is 0 Å². The molecule has 1 rings (SSSR count). The third-order valence-electron chi connectivity index (χ3n) is 3.29. The Morgan fingerprint density at radius 3 is 2.75 bits per heavy atom. The highest BCUT2D eigenvalue weighted by atomic mass is 16.5. The standard InChI is InChI=1S/C16H27N3O/c1-5-6-13-19(3)16(17-2)18-12-11-14-9-7-8-10-15(14)20-4/h7-10H,5-6,11-13H2,1-4H3,(H,17,18). The summed E-state index contributed by atoms with van der Waals surface area (Å²) in [4.78, 5) is 6.49. The maximum atomic E-state index is 5.36. The lowest BCUT2D eigenvalue weighted by atomic mass is 10.1. The number of ether oxygens (including phenoxy) is 1. The molecule has 0 spiro atoms. The van der Waals surface area contributed by atoms with Crippen LogP contribution in [0.4, 0.5) is 0 Å². The number of rotatable bonds is 7. The maximum Gasteiger partial charge on any atom is 0.193 e. The number of aliphatic imine (C=N–C) groups is 1. The number of guanidine groups is 1. The van der Waals surface area contributed by atoms with Gasteiger partial charge in [-0.1, -0.05) is 31.5 Å². The first-order chi connectivity index (χ1) is 9.72. The highest BCUT2D eigenvalue weighted by molar-refractivity contribution is 5.79. The van der Waals surface area contributed by atoms with Crippen molar-refractivity contribution in [2.45, 2.75) is 26.2 Å². The van der Waals surface area contributed by atoms with Crippen molar-refractivity contribution in [3.05, 3.63) is 29.8 Å². The zero-order valence-corrected chi connectivity index (χ0v) is 13.1. The first kappa shape index (κ1) is 16.3. The summed E-state index contributed by atoms with van der Waals surface area (Å²) in [6.07, 6.45) is 3.30. The predicted molar refractivity (Wildman–Crippen MR) is 85.6 cm³/mol. The summed E-state index contributed by atoms with van der Waals surface area (Å²) < 4.78 is 5.36. The molecule has 0 radical (unpaired) electrons. The molecule has 20 heavy (non-hydrogen) atoms. The van der Waals surface area contributed by atoms with Crippen molar-refractivity contribution in [3.63, 3.8) is 0 Å². The number of unbranched alkanes of at least 4 members (excludes halogenated alkanes) is 1. The van der Waals surface area contributed by atoms with Crippen LogP contribution in [0.15, 0.2) is 29.3 Å². The average Bonchev–Trinajstić information content (AvgIpc) is 2.49. The number of nitrogens with zero attached hydrogens (tertiary/aromatic N) is 2. The molecular weight excluding hydrogens is 250 g/mol. The molecule has 4 nitrogen and oxygen atoms in total. The van der Waals surface area contributed by atoms with E-state index >= 15 is 0 Å². The Labute approximate surface area is 122 Å². The van der Waals surface area contributed by atoms with Crippen molar-refractivity contribution in [2.75, 3.05) is 34.3 Å². The number of methoxy groups -OCH3 is 1. The SMILES string of the molecule is CCCCN(C)C(=NC)NCCc1ccccc1OC. The van der Waals surface area contributed by atoms with Gasteiger partial charge in [0.25, 0.3) is 0 Å². The summed E-state index contributed by atoms with van der Waals surface area (Å²) >= 11 is 0. The molecule has 0 saturated heterocycles. The summed E-state index contributed by atoms with van der Waals surface area (Å²) in [6, 6.07) is 8.13. The van der Waals surface area contributed by atoms with Crippen LogP contribution < -0.4 is 10.1 Å². The molecule has 0 aromatic heterocycles. The second-order valence-corrected chi connectivity index (χ2v) is 4.81. The van der Waals surface area contributed by atoms with Crippen LogP contribution in [0.2, 0.25) is 0 Å². The monoisotopic (exact) mass is 277 g/mol. The molecule has 1 N–H and O–H groups in total. The van der Waals surface area contributed by atoms with Gasteiger partial charge >= 0.3 is 0 Å². The van der Waals surface area contributed by atoms with Gasteiger partial charge in [-0.05, 0) is 24.5 Å². The van der Waals surface area contributed by atoms with Gasteiger partial charge in [-0.25, -0.2) is 0 Å². The minimum atomic E-state index is 0.851. The summed E-state index contributed by atoms with van der Waals surface area (Å²) in [7, 11) is 5.62. The molecule has 4 heteroatoms. The van der Waals surface area contributed by atoms with E-state index in [1.807, 2.05) is 25.2 Å². The van der Waals surface area contributed by atoms with Gasteiger partial charge in [0.05, 0.1) is 7.11 Å².